The van der Waals surface area contributed by atoms with Crippen LogP contribution in [0.4, 0.5) is 0 Å². The first-order chi connectivity index (χ1) is 14.1. The van der Waals surface area contributed by atoms with Crippen LogP contribution in [0.15, 0.2) is 54.6 Å². The van der Waals surface area contributed by atoms with E-state index in [0.717, 1.165) is 44.2 Å². The van der Waals surface area contributed by atoms with Crippen molar-refractivity contribution in [3.8, 4) is 16.9 Å². The van der Waals surface area contributed by atoms with Gasteiger partial charge in [-0.05, 0) is 29.3 Å². The number of ether oxygens (including phenoxy) is 2. The highest BCUT2D eigenvalue weighted by Crippen LogP contribution is 2.40. The summed E-state index contributed by atoms with van der Waals surface area (Å²) < 4.78 is 13.0. The molecule has 0 aliphatic carbocycles. The zero-order valence-electron chi connectivity index (χ0n) is 16.9. The van der Waals surface area contributed by atoms with E-state index >= 15 is 0 Å². The Morgan fingerprint density at radius 1 is 1.03 bits per heavy atom. The molecule has 0 radical (unpaired) electrons. The van der Waals surface area contributed by atoms with Gasteiger partial charge >= 0.3 is 5.97 Å². The molecule has 4 aromatic rings. The number of methoxy groups -OCH3 is 1. The highest BCUT2D eigenvalue weighted by molar-refractivity contribution is 6.09. The van der Waals surface area contributed by atoms with Gasteiger partial charge in [-0.25, -0.2) is 4.79 Å². The second kappa shape index (κ2) is 7.60. The van der Waals surface area contributed by atoms with Gasteiger partial charge in [0.25, 0.3) is 0 Å². The first kappa shape index (κ1) is 19.0. The minimum Gasteiger partial charge on any atom is -0.496 e. The molecule has 2 N–H and O–H groups in total. The lowest BCUT2D eigenvalue weighted by molar-refractivity contribution is 0.0527. The SMILES string of the molecule is CCOC(=O)c1c(CN)n(C)c2cc(OC)c(-c3cccc4ccccc34)cc12. The molecule has 5 heteroatoms. The summed E-state index contributed by atoms with van der Waals surface area (Å²) in [6.45, 7) is 2.35. The average Bonchev–Trinajstić information content (AvgIpc) is 3.03. The number of rotatable bonds is 5. The van der Waals surface area contributed by atoms with Crippen molar-refractivity contribution < 1.29 is 14.3 Å². The van der Waals surface area contributed by atoms with Gasteiger partial charge in [0.15, 0.2) is 0 Å². The molecule has 0 aliphatic heterocycles. The molecule has 29 heavy (non-hydrogen) atoms. The molecule has 0 saturated heterocycles. The number of nitrogens with zero attached hydrogens (tertiary/aromatic N) is 1. The summed E-state index contributed by atoms with van der Waals surface area (Å²) in [6.07, 6.45) is 0. The zero-order valence-corrected chi connectivity index (χ0v) is 16.9. The van der Waals surface area contributed by atoms with Crippen LogP contribution in [0.1, 0.15) is 23.0 Å². The van der Waals surface area contributed by atoms with E-state index in [2.05, 4.69) is 24.3 Å². The molecule has 0 fully saturated rings. The molecule has 4 rings (SSSR count). The molecule has 148 valence electrons. The van der Waals surface area contributed by atoms with E-state index in [0.29, 0.717) is 12.2 Å². The van der Waals surface area contributed by atoms with E-state index in [1.807, 2.05) is 41.9 Å². The fraction of sp³-hybridized carbons (Fsp3) is 0.208. The lowest BCUT2D eigenvalue weighted by atomic mass is 9.95. The fourth-order valence-corrected chi connectivity index (χ4v) is 4.03. The number of carbonyl (C=O) groups excluding carboxylic acids is 1. The van der Waals surface area contributed by atoms with Crippen LogP contribution in [0.3, 0.4) is 0 Å². The number of hydrogen-bond donors (Lipinski definition) is 1. The topological polar surface area (TPSA) is 66.5 Å². The first-order valence-corrected chi connectivity index (χ1v) is 9.65. The lowest BCUT2D eigenvalue weighted by Crippen LogP contribution is -2.12. The van der Waals surface area contributed by atoms with Crippen molar-refractivity contribution >= 4 is 27.6 Å². The maximum Gasteiger partial charge on any atom is 0.340 e. The van der Waals surface area contributed by atoms with Crippen LogP contribution in [0.5, 0.6) is 5.75 Å². The summed E-state index contributed by atoms with van der Waals surface area (Å²) >= 11 is 0. The van der Waals surface area contributed by atoms with Crippen molar-refractivity contribution in [2.24, 2.45) is 12.8 Å². The molecule has 3 aromatic carbocycles. The zero-order chi connectivity index (χ0) is 20.5. The standard InChI is InChI=1S/C24H24N2O3/c1-4-29-24(27)23-19-12-18(17-11-7-9-15-8-5-6-10-16(15)17)22(28-3)13-20(19)26(2)21(23)14-25/h5-13H,4,14,25H2,1-3H3. The summed E-state index contributed by atoms with van der Waals surface area (Å²) in [5, 5.41) is 3.09. The summed E-state index contributed by atoms with van der Waals surface area (Å²) in [4.78, 5) is 12.7. The van der Waals surface area contributed by atoms with Crippen molar-refractivity contribution in [1.29, 1.82) is 0 Å². The second-order valence-electron chi connectivity index (χ2n) is 6.90. The molecular weight excluding hydrogens is 364 g/mol. The maximum atomic E-state index is 12.7. The van der Waals surface area contributed by atoms with Gasteiger partial charge in [-0.3, -0.25) is 0 Å². The number of esters is 1. The molecule has 0 aliphatic rings. The molecule has 5 nitrogen and oxygen atoms in total. The van der Waals surface area contributed by atoms with Gasteiger partial charge in [0.05, 0.1) is 24.8 Å². The van der Waals surface area contributed by atoms with Crippen LogP contribution in [0, 0.1) is 0 Å². The Balaban J connectivity index is 2.07. The van der Waals surface area contributed by atoms with Crippen molar-refractivity contribution in [2.75, 3.05) is 13.7 Å². The van der Waals surface area contributed by atoms with E-state index < -0.39 is 0 Å². The Labute approximate surface area is 169 Å². The summed E-state index contributed by atoms with van der Waals surface area (Å²) in [6, 6.07) is 18.4. The van der Waals surface area contributed by atoms with Gasteiger partial charge in [-0.1, -0.05) is 42.5 Å². The highest BCUT2D eigenvalue weighted by atomic mass is 16.5. The monoisotopic (exact) mass is 388 g/mol. The minimum absolute atomic E-state index is 0.241. The van der Waals surface area contributed by atoms with Crippen LogP contribution in [-0.4, -0.2) is 24.3 Å². The Morgan fingerprint density at radius 2 is 1.79 bits per heavy atom. The van der Waals surface area contributed by atoms with Gasteiger partial charge in [0.1, 0.15) is 5.75 Å². The van der Waals surface area contributed by atoms with Gasteiger partial charge in [0, 0.05) is 36.3 Å². The Hall–Kier alpha value is -3.31. The second-order valence-corrected chi connectivity index (χ2v) is 6.90. The van der Waals surface area contributed by atoms with E-state index in [4.69, 9.17) is 15.2 Å². The van der Waals surface area contributed by atoms with Gasteiger partial charge in [0.2, 0.25) is 0 Å². The predicted octanol–water partition coefficient (Wildman–Crippen LogP) is 4.64. The molecular formula is C24H24N2O3. The molecule has 0 spiro atoms. The summed E-state index contributed by atoms with van der Waals surface area (Å²) in [5.41, 5.74) is 10.1. The van der Waals surface area contributed by atoms with Gasteiger partial charge in [-0.15, -0.1) is 0 Å². The average molecular weight is 388 g/mol. The van der Waals surface area contributed by atoms with Crippen LogP contribution in [0.2, 0.25) is 0 Å². The van der Waals surface area contributed by atoms with E-state index in [9.17, 15) is 4.79 Å². The van der Waals surface area contributed by atoms with Crippen molar-refractivity contribution in [3.63, 3.8) is 0 Å². The minimum atomic E-state index is -0.354. The Bertz CT molecular complexity index is 1220. The van der Waals surface area contributed by atoms with Crippen LogP contribution >= 0.6 is 0 Å². The quantitative estimate of drug-likeness (QED) is 0.506. The van der Waals surface area contributed by atoms with E-state index in [1.54, 1.807) is 14.0 Å². The number of hydrogen-bond acceptors (Lipinski definition) is 4. The molecule has 1 heterocycles. The number of aryl methyl sites for hydroxylation is 1. The fourth-order valence-electron chi connectivity index (χ4n) is 4.03. The molecule has 0 atom stereocenters. The Morgan fingerprint density at radius 3 is 2.52 bits per heavy atom. The summed E-state index contributed by atoms with van der Waals surface area (Å²) in [5.74, 6) is 0.390. The van der Waals surface area contributed by atoms with Crippen molar-refractivity contribution in [1.82, 2.24) is 4.57 Å². The highest BCUT2D eigenvalue weighted by Gasteiger charge is 2.23. The third-order valence-electron chi connectivity index (χ3n) is 5.39. The Kier molecular flexibility index (Phi) is 4.99. The smallest absolute Gasteiger partial charge is 0.340 e. The van der Waals surface area contributed by atoms with Crippen LogP contribution < -0.4 is 10.5 Å². The molecule has 1 aromatic heterocycles. The van der Waals surface area contributed by atoms with E-state index in [1.165, 1.54) is 0 Å². The third kappa shape index (κ3) is 3.04. The van der Waals surface area contributed by atoms with Crippen LogP contribution in [0.25, 0.3) is 32.8 Å². The van der Waals surface area contributed by atoms with Gasteiger partial charge < -0.3 is 19.8 Å². The van der Waals surface area contributed by atoms with Gasteiger partial charge in [-0.2, -0.15) is 0 Å². The van der Waals surface area contributed by atoms with E-state index in [-0.39, 0.29) is 12.5 Å². The number of benzene rings is 3. The largest absolute Gasteiger partial charge is 0.496 e. The third-order valence-corrected chi connectivity index (χ3v) is 5.39. The normalized spacial score (nSPS) is 11.2. The predicted molar refractivity (Wildman–Crippen MR) is 116 cm³/mol. The molecule has 0 unspecified atom stereocenters. The molecule has 0 bridgehead atoms. The maximum absolute atomic E-state index is 12.7. The molecule has 0 amide bonds. The van der Waals surface area contributed by atoms with Crippen molar-refractivity contribution in [2.45, 2.75) is 13.5 Å². The molecule has 0 saturated carbocycles. The first-order valence-electron chi connectivity index (χ1n) is 9.65. The van der Waals surface area contributed by atoms with Crippen molar-refractivity contribution in [3.05, 3.63) is 65.9 Å². The number of aromatic nitrogens is 1. The number of fused-ring (bicyclic) bond motifs is 2. The number of nitrogens with two attached hydrogens (primary N) is 1. The lowest BCUT2D eigenvalue weighted by Gasteiger charge is -2.13. The summed E-state index contributed by atoms with van der Waals surface area (Å²) in [7, 11) is 3.57. The number of carbonyl (C=O) groups is 1. The van der Waals surface area contributed by atoms with Crippen LogP contribution in [-0.2, 0) is 18.3 Å².